The Hall–Kier alpha value is -0.923. The van der Waals surface area contributed by atoms with Gasteiger partial charge in [-0.2, -0.15) is 0 Å². The van der Waals surface area contributed by atoms with Crippen molar-refractivity contribution < 1.29 is 17.7 Å². The van der Waals surface area contributed by atoms with Crippen LogP contribution in [0.3, 0.4) is 0 Å². The van der Waals surface area contributed by atoms with Crippen molar-refractivity contribution in [3.63, 3.8) is 0 Å². The van der Waals surface area contributed by atoms with Crippen molar-refractivity contribution in [2.24, 2.45) is 5.73 Å². The lowest BCUT2D eigenvalue weighted by atomic mass is 10.3. The number of para-hydroxylation sites is 1. The highest BCUT2D eigenvalue weighted by atomic mass is 28.4. The number of benzene rings is 1. The third-order valence-electron chi connectivity index (χ3n) is 1.75. The monoisotopic (exact) mass is 229 g/mol. The van der Waals surface area contributed by atoms with Gasteiger partial charge in [-0.05, 0) is 12.1 Å². The van der Waals surface area contributed by atoms with E-state index in [9.17, 15) is 0 Å². The summed E-state index contributed by atoms with van der Waals surface area (Å²) in [6.45, 7) is -0.0132. The van der Waals surface area contributed by atoms with E-state index in [4.69, 9.17) is 23.4 Å². The van der Waals surface area contributed by atoms with E-state index in [1.807, 2.05) is 18.2 Å². The second-order valence-electron chi connectivity index (χ2n) is 2.63. The van der Waals surface area contributed by atoms with Crippen LogP contribution in [0.4, 0.5) is 0 Å². The van der Waals surface area contributed by atoms with E-state index in [1.54, 1.807) is 12.1 Å². The predicted octanol–water partition coefficient (Wildman–Crippen LogP) is 0.727. The summed E-state index contributed by atoms with van der Waals surface area (Å²) in [7, 11) is -0.176. The molecule has 0 aliphatic carbocycles. The van der Waals surface area contributed by atoms with E-state index in [1.165, 1.54) is 14.2 Å². The summed E-state index contributed by atoms with van der Waals surface area (Å²) in [6.07, 6.45) is 0. The van der Waals surface area contributed by atoms with Gasteiger partial charge in [-0.1, -0.05) is 18.2 Å². The minimum absolute atomic E-state index is 0.0132. The highest BCUT2D eigenvalue weighted by Crippen LogP contribution is 2.16. The molecule has 5 nitrogen and oxygen atoms in total. The van der Waals surface area contributed by atoms with Gasteiger partial charge in [0.15, 0.2) is 0 Å². The molecule has 0 saturated heterocycles. The first-order valence-corrected chi connectivity index (χ1v) is 6.08. The van der Waals surface area contributed by atoms with Crippen LogP contribution in [0.25, 0.3) is 0 Å². The SMILES string of the molecule is CO[Si](OC)(OCN)Oc1ccccc1. The van der Waals surface area contributed by atoms with Gasteiger partial charge in [0.2, 0.25) is 0 Å². The third kappa shape index (κ3) is 3.29. The summed E-state index contributed by atoms with van der Waals surface area (Å²) >= 11 is 0. The van der Waals surface area contributed by atoms with Gasteiger partial charge in [-0.15, -0.1) is 0 Å². The molecule has 1 aromatic rings. The molecule has 0 radical (unpaired) electrons. The Morgan fingerprint density at radius 3 is 2.20 bits per heavy atom. The van der Waals surface area contributed by atoms with Gasteiger partial charge in [-0.25, -0.2) is 0 Å². The Morgan fingerprint density at radius 1 is 1.13 bits per heavy atom. The van der Waals surface area contributed by atoms with Crippen LogP contribution in [0.1, 0.15) is 0 Å². The molecule has 0 heterocycles. The Kier molecular flexibility index (Phi) is 4.73. The molecule has 0 aliphatic rings. The van der Waals surface area contributed by atoms with E-state index in [0.717, 1.165) is 0 Å². The molecule has 1 rings (SSSR count). The number of nitrogens with two attached hydrogens (primary N) is 1. The summed E-state index contributed by atoms with van der Waals surface area (Å²) < 4.78 is 21.0. The van der Waals surface area contributed by atoms with Crippen LogP contribution in [0.2, 0.25) is 0 Å². The van der Waals surface area contributed by atoms with Crippen LogP contribution >= 0.6 is 0 Å². The van der Waals surface area contributed by atoms with Crippen molar-refractivity contribution in [2.75, 3.05) is 21.0 Å². The fourth-order valence-corrected chi connectivity index (χ4v) is 2.31. The van der Waals surface area contributed by atoms with Crippen LogP contribution < -0.4 is 10.2 Å². The molecule has 0 aromatic heterocycles. The molecule has 0 unspecified atom stereocenters. The summed E-state index contributed by atoms with van der Waals surface area (Å²) in [5, 5.41) is 0. The first-order chi connectivity index (χ1) is 7.26. The van der Waals surface area contributed by atoms with Gasteiger partial charge >= 0.3 is 9.05 Å². The van der Waals surface area contributed by atoms with Gasteiger partial charge in [-0.3, -0.25) is 0 Å². The lowest BCUT2D eigenvalue weighted by molar-refractivity contribution is 0.0339. The molecule has 2 N–H and O–H groups in total. The van der Waals surface area contributed by atoms with Crippen molar-refractivity contribution in [3.05, 3.63) is 30.3 Å². The van der Waals surface area contributed by atoms with Crippen molar-refractivity contribution >= 4 is 9.05 Å². The summed E-state index contributed by atoms with van der Waals surface area (Å²) in [4.78, 5) is 0. The van der Waals surface area contributed by atoms with E-state index >= 15 is 0 Å². The molecule has 0 spiro atoms. The second-order valence-corrected chi connectivity index (χ2v) is 4.94. The zero-order valence-corrected chi connectivity index (χ0v) is 9.80. The Morgan fingerprint density at radius 2 is 1.73 bits per heavy atom. The molecule has 0 saturated carbocycles. The van der Waals surface area contributed by atoms with E-state index in [0.29, 0.717) is 5.75 Å². The molecule has 15 heavy (non-hydrogen) atoms. The molecule has 0 amide bonds. The van der Waals surface area contributed by atoms with Crippen LogP contribution in [0.5, 0.6) is 5.75 Å². The minimum Gasteiger partial charge on any atom is -0.480 e. The summed E-state index contributed by atoms with van der Waals surface area (Å²) in [6, 6.07) is 9.17. The standard InChI is InChI=1S/C9H15NO4Si/c1-11-15(12-2,13-8-10)14-9-6-4-3-5-7-9/h3-7H,8,10H2,1-2H3. The highest BCUT2D eigenvalue weighted by Gasteiger charge is 2.46. The maximum Gasteiger partial charge on any atom is 0.750 e. The summed E-state index contributed by atoms with van der Waals surface area (Å²) in [5.74, 6) is 0.626. The first-order valence-electron chi connectivity index (χ1n) is 4.44. The van der Waals surface area contributed by atoms with Crippen LogP contribution in [0, 0.1) is 0 Å². The molecule has 0 fully saturated rings. The first kappa shape index (κ1) is 12.1. The fraction of sp³-hybridized carbons (Fsp3) is 0.333. The number of rotatable bonds is 6. The van der Waals surface area contributed by atoms with Gasteiger partial charge in [0.05, 0.1) is 6.73 Å². The van der Waals surface area contributed by atoms with Crippen LogP contribution in [-0.2, 0) is 13.3 Å². The van der Waals surface area contributed by atoms with Crippen molar-refractivity contribution in [1.29, 1.82) is 0 Å². The molecule has 84 valence electrons. The molecular formula is C9H15NO4Si. The largest absolute Gasteiger partial charge is 0.750 e. The lowest BCUT2D eigenvalue weighted by Gasteiger charge is -2.24. The van der Waals surface area contributed by atoms with E-state index in [2.05, 4.69) is 0 Å². The highest BCUT2D eigenvalue weighted by molar-refractivity contribution is 6.54. The fourth-order valence-electron chi connectivity index (χ4n) is 1.05. The van der Waals surface area contributed by atoms with Crippen molar-refractivity contribution in [3.8, 4) is 5.75 Å². The Bertz CT molecular complexity index is 279. The van der Waals surface area contributed by atoms with Crippen molar-refractivity contribution in [2.45, 2.75) is 0 Å². The molecule has 6 heteroatoms. The average molecular weight is 229 g/mol. The van der Waals surface area contributed by atoms with Gasteiger partial charge < -0.3 is 23.4 Å². The number of hydrogen-bond donors (Lipinski definition) is 1. The lowest BCUT2D eigenvalue weighted by Crippen LogP contribution is -2.51. The zero-order chi connectivity index (χ0) is 11.1. The topological polar surface area (TPSA) is 62.9 Å². The molecule has 0 atom stereocenters. The maximum atomic E-state index is 5.53. The molecular weight excluding hydrogens is 214 g/mol. The van der Waals surface area contributed by atoms with Crippen LogP contribution in [0.15, 0.2) is 30.3 Å². The molecule has 0 bridgehead atoms. The normalized spacial score (nSPS) is 11.4. The van der Waals surface area contributed by atoms with Crippen molar-refractivity contribution in [1.82, 2.24) is 0 Å². The van der Waals surface area contributed by atoms with Gasteiger partial charge in [0.25, 0.3) is 0 Å². The van der Waals surface area contributed by atoms with E-state index in [-0.39, 0.29) is 6.73 Å². The number of hydrogen-bond acceptors (Lipinski definition) is 5. The third-order valence-corrected chi connectivity index (χ3v) is 3.75. The maximum absolute atomic E-state index is 5.53. The minimum atomic E-state index is -3.11. The van der Waals surface area contributed by atoms with Crippen LogP contribution in [-0.4, -0.2) is 30.0 Å². The van der Waals surface area contributed by atoms with Gasteiger partial charge in [0, 0.05) is 14.2 Å². The smallest absolute Gasteiger partial charge is 0.480 e. The predicted molar refractivity (Wildman–Crippen MR) is 57.0 cm³/mol. The summed E-state index contributed by atoms with van der Waals surface area (Å²) in [5.41, 5.74) is 5.29. The quantitative estimate of drug-likeness (QED) is 0.575. The van der Waals surface area contributed by atoms with Gasteiger partial charge in [0.1, 0.15) is 5.75 Å². The molecule has 1 aromatic carbocycles. The Labute approximate surface area is 90.2 Å². The molecule has 0 aliphatic heterocycles. The second kappa shape index (κ2) is 5.84. The zero-order valence-electron chi connectivity index (χ0n) is 8.80. The van der Waals surface area contributed by atoms with E-state index < -0.39 is 9.05 Å². The average Bonchev–Trinajstić information content (AvgIpc) is 2.30. The Balaban J connectivity index is 2.74.